The highest BCUT2D eigenvalue weighted by Gasteiger charge is 2.27. The van der Waals surface area contributed by atoms with E-state index in [0.29, 0.717) is 28.0 Å². The van der Waals surface area contributed by atoms with Crippen LogP contribution in [0.15, 0.2) is 35.1 Å². The van der Waals surface area contributed by atoms with Gasteiger partial charge in [0.25, 0.3) is 0 Å². The maximum absolute atomic E-state index is 11.0. The number of aliphatic imine (C=N–C) groups is 1. The first-order chi connectivity index (χ1) is 15.6. The molecule has 0 aromatic heterocycles. The summed E-state index contributed by atoms with van der Waals surface area (Å²) in [5.41, 5.74) is 8.43. The predicted octanol–water partition coefficient (Wildman–Crippen LogP) is 5.49. The van der Waals surface area contributed by atoms with E-state index in [9.17, 15) is 10.2 Å². The Balaban J connectivity index is 2.04. The van der Waals surface area contributed by atoms with Crippen molar-refractivity contribution in [3.63, 3.8) is 0 Å². The number of hydrogen-bond donors (Lipinski definition) is 6. The van der Waals surface area contributed by atoms with Crippen LogP contribution in [0.25, 0.3) is 0 Å². The van der Waals surface area contributed by atoms with E-state index in [2.05, 4.69) is 62.7 Å². The van der Waals surface area contributed by atoms with Gasteiger partial charge in [-0.2, -0.15) is 0 Å². The van der Waals surface area contributed by atoms with Crippen LogP contribution in [0.5, 0.6) is 11.5 Å². The molecule has 2 aromatic carbocycles. The highest BCUT2D eigenvalue weighted by Crippen LogP contribution is 2.42. The minimum atomic E-state index is -0.272. The lowest BCUT2D eigenvalue weighted by Crippen LogP contribution is -2.58. The van der Waals surface area contributed by atoms with Gasteiger partial charge in [0.15, 0.2) is 5.75 Å². The Hall–Kier alpha value is -2.65. The third-order valence-corrected chi connectivity index (χ3v) is 6.26. The molecule has 1 heterocycles. The first-order valence-corrected chi connectivity index (χ1v) is 11.5. The summed E-state index contributed by atoms with van der Waals surface area (Å²) in [6.07, 6.45) is 1.69. The van der Waals surface area contributed by atoms with Crippen molar-refractivity contribution in [1.82, 2.24) is 16.1 Å². The monoisotopic (exact) mass is 506 g/mol. The molecule has 1 aliphatic heterocycles. The third-order valence-electron chi connectivity index (χ3n) is 5.40. The molecule has 0 saturated carbocycles. The van der Waals surface area contributed by atoms with Crippen LogP contribution in [-0.4, -0.2) is 21.3 Å². The molecule has 0 fully saturated rings. The van der Waals surface area contributed by atoms with Crippen LogP contribution in [0.4, 0.5) is 11.4 Å². The normalized spacial score (nSPS) is 16.2. The minimum Gasteiger partial charge on any atom is -0.507 e. The van der Waals surface area contributed by atoms with Crippen LogP contribution in [0.1, 0.15) is 58.2 Å². The molecule has 184 valence electrons. The van der Waals surface area contributed by atoms with Gasteiger partial charge in [0.2, 0.25) is 0 Å². The first-order valence-electron chi connectivity index (χ1n) is 10.8. The van der Waals surface area contributed by atoms with E-state index in [-0.39, 0.29) is 27.3 Å². The average Bonchev–Trinajstić information content (AvgIpc) is 2.69. The van der Waals surface area contributed by atoms with Gasteiger partial charge in [-0.3, -0.25) is 10.9 Å². The molecule has 0 saturated heterocycles. The van der Waals surface area contributed by atoms with Gasteiger partial charge in [0.05, 0.1) is 5.02 Å². The Morgan fingerprint density at radius 2 is 1.50 bits per heavy atom. The molecule has 0 bridgehead atoms. The second kappa shape index (κ2) is 9.19. The van der Waals surface area contributed by atoms with E-state index < -0.39 is 0 Å². The van der Waals surface area contributed by atoms with Crippen molar-refractivity contribution in [3.05, 3.63) is 56.8 Å². The molecule has 1 aliphatic rings. The lowest BCUT2D eigenvalue weighted by Gasteiger charge is -2.30. The molecule has 0 amide bonds. The van der Waals surface area contributed by atoms with Gasteiger partial charge in [-0.15, -0.1) is 0 Å². The van der Waals surface area contributed by atoms with E-state index in [1.165, 1.54) is 6.07 Å². The zero-order chi connectivity index (χ0) is 25.6. The quantitative estimate of drug-likeness (QED) is 0.240. The molecule has 0 radical (unpaired) electrons. The van der Waals surface area contributed by atoms with Crippen LogP contribution in [0.2, 0.25) is 10.0 Å². The van der Waals surface area contributed by atoms with Crippen LogP contribution in [0, 0.1) is 6.92 Å². The summed E-state index contributed by atoms with van der Waals surface area (Å²) in [6, 6.07) is 5.36. The summed E-state index contributed by atoms with van der Waals surface area (Å²) in [7, 11) is 0. The smallest absolute Gasteiger partial charge is 0.160 e. The van der Waals surface area contributed by atoms with Crippen molar-refractivity contribution < 1.29 is 10.2 Å². The zero-order valence-corrected chi connectivity index (χ0v) is 21.9. The number of nitrogens with one attached hydrogen (secondary N) is 3. The van der Waals surface area contributed by atoms with Gasteiger partial charge in [-0.05, 0) is 41.5 Å². The predicted molar refractivity (Wildman–Crippen MR) is 139 cm³/mol. The lowest BCUT2D eigenvalue weighted by molar-refractivity contribution is 0.174. The SMILES string of the molecule is Cc1c(Cl)cc(N=C2C=C(Nc3cc(C(C)(C)C)c(O)c(C(C)(C)C)c3)NN(N)N2)c(O)c1Cl. The van der Waals surface area contributed by atoms with Crippen LogP contribution in [-0.2, 0) is 10.8 Å². The topological polar surface area (TPSA) is 118 Å². The molecule has 10 heteroatoms. The van der Waals surface area contributed by atoms with E-state index in [1.807, 2.05) is 12.1 Å². The Morgan fingerprint density at radius 3 is 2.03 bits per heavy atom. The second-order valence-corrected chi connectivity index (χ2v) is 11.1. The molecule has 8 nitrogen and oxygen atoms in total. The first kappa shape index (κ1) is 26.0. The number of rotatable bonds is 3. The molecular weight excluding hydrogens is 475 g/mol. The molecule has 7 N–H and O–H groups in total. The van der Waals surface area contributed by atoms with Crippen molar-refractivity contribution in [3.8, 4) is 11.5 Å². The standard InChI is InChI=1S/C24H32Cl2N6O2/c1-12-16(25)10-17(22(34)20(12)26)29-19-11-18(30-32(27)31-19)28-13-8-14(23(2,3)4)21(33)15(9-13)24(5,6)7/h8-11,28,30,33-34H,27H2,1-7H3,(H,29,31). The van der Waals surface area contributed by atoms with Crippen LogP contribution < -0.4 is 22.0 Å². The lowest BCUT2D eigenvalue weighted by atomic mass is 9.79. The minimum absolute atomic E-state index is 0.140. The zero-order valence-electron chi connectivity index (χ0n) is 20.4. The highest BCUT2D eigenvalue weighted by atomic mass is 35.5. The number of hydrogen-bond acceptors (Lipinski definition) is 7. The van der Waals surface area contributed by atoms with Gasteiger partial charge in [0.1, 0.15) is 23.1 Å². The number of anilines is 1. The fourth-order valence-electron chi connectivity index (χ4n) is 3.52. The highest BCUT2D eigenvalue weighted by molar-refractivity contribution is 6.37. The van der Waals surface area contributed by atoms with Crippen molar-refractivity contribution >= 4 is 40.4 Å². The molecule has 0 spiro atoms. The van der Waals surface area contributed by atoms with E-state index in [0.717, 1.165) is 22.0 Å². The summed E-state index contributed by atoms with van der Waals surface area (Å²) < 4.78 is 0. The van der Waals surface area contributed by atoms with Gasteiger partial charge in [-0.1, -0.05) is 70.0 Å². The number of hydrazine groups is 3. The third kappa shape index (κ3) is 5.52. The number of amidine groups is 1. The summed E-state index contributed by atoms with van der Waals surface area (Å²) in [6.45, 7) is 14.0. The van der Waals surface area contributed by atoms with Crippen LogP contribution in [0.3, 0.4) is 0 Å². The number of nitrogens with two attached hydrogens (primary N) is 1. The van der Waals surface area contributed by atoms with E-state index in [1.54, 1.807) is 13.0 Å². The average molecular weight is 507 g/mol. The van der Waals surface area contributed by atoms with Gasteiger partial charge >= 0.3 is 0 Å². The van der Waals surface area contributed by atoms with Crippen molar-refractivity contribution in [2.75, 3.05) is 5.32 Å². The number of nitrogens with zero attached hydrogens (tertiary/aromatic N) is 2. The largest absolute Gasteiger partial charge is 0.507 e. The van der Waals surface area contributed by atoms with E-state index >= 15 is 0 Å². The summed E-state index contributed by atoms with van der Waals surface area (Å²) >= 11 is 12.4. The fraction of sp³-hybridized carbons (Fsp3) is 0.375. The van der Waals surface area contributed by atoms with Crippen molar-refractivity contribution in [1.29, 1.82) is 0 Å². The molecule has 0 atom stereocenters. The van der Waals surface area contributed by atoms with E-state index in [4.69, 9.17) is 29.0 Å². The molecular formula is C24H32Cl2N6O2. The number of phenols is 2. The summed E-state index contributed by atoms with van der Waals surface area (Å²) in [5.74, 6) is 6.94. The number of aromatic hydroxyl groups is 2. The molecule has 0 unspecified atom stereocenters. The molecule has 2 aromatic rings. The van der Waals surface area contributed by atoms with Crippen LogP contribution >= 0.6 is 23.2 Å². The molecule has 34 heavy (non-hydrogen) atoms. The van der Waals surface area contributed by atoms with Crippen molar-refractivity contribution in [2.45, 2.75) is 59.3 Å². The Labute approximate surface area is 210 Å². The summed E-state index contributed by atoms with van der Waals surface area (Å²) in [4.78, 5) is 4.42. The Morgan fingerprint density at radius 1 is 0.941 bits per heavy atom. The van der Waals surface area contributed by atoms with Gasteiger partial charge in [-0.25, -0.2) is 10.8 Å². The number of halogens is 2. The maximum Gasteiger partial charge on any atom is 0.160 e. The van der Waals surface area contributed by atoms with Gasteiger partial charge in [0, 0.05) is 27.9 Å². The molecule has 3 rings (SSSR count). The Kier molecular flexibility index (Phi) is 7.01. The Bertz CT molecular complexity index is 1140. The van der Waals surface area contributed by atoms with Gasteiger partial charge < -0.3 is 15.5 Å². The maximum atomic E-state index is 11.0. The molecule has 0 aliphatic carbocycles. The number of phenolic OH excluding ortho intramolecular Hbond substituents is 2. The van der Waals surface area contributed by atoms with Crippen molar-refractivity contribution in [2.24, 2.45) is 10.8 Å². The second-order valence-electron chi connectivity index (χ2n) is 10.4. The summed E-state index contributed by atoms with van der Waals surface area (Å²) in [5, 5.41) is 26.3. The fourth-order valence-corrected chi connectivity index (χ4v) is 3.96. The number of benzene rings is 2.